The van der Waals surface area contributed by atoms with Crippen LogP contribution in [0.2, 0.25) is 0 Å². The van der Waals surface area contributed by atoms with E-state index in [2.05, 4.69) is 15.5 Å². The molecule has 2 bridgehead atoms. The van der Waals surface area contributed by atoms with Gasteiger partial charge in [-0.05, 0) is 55.7 Å². The highest BCUT2D eigenvalue weighted by Gasteiger charge is 2.38. The van der Waals surface area contributed by atoms with Gasteiger partial charge in [0.2, 0.25) is 11.8 Å². The molecule has 1 aromatic carbocycles. The van der Waals surface area contributed by atoms with Gasteiger partial charge < -0.3 is 9.73 Å². The molecular weight excluding hydrogens is 262 g/mol. The van der Waals surface area contributed by atoms with Crippen LogP contribution in [0.5, 0.6) is 0 Å². The summed E-state index contributed by atoms with van der Waals surface area (Å²) in [7, 11) is 0. The van der Waals surface area contributed by atoms with E-state index in [0.717, 1.165) is 29.9 Å². The van der Waals surface area contributed by atoms with Crippen LogP contribution in [0.15, 0.2) is 34.7 Å². The molecule has 2 fully saturated rings. The van der Waals surface area contributed by atoms with Gasteiger partial charge in [-0.25, -0.2) is 0 Å². The van der Waals surface area contributed by atoms with Crippen LogP contribution in [0.4, 0.5) is 0 Å². The number of benzene rings is 1. The highest BCUT2D eigenvalue weighted by Crippen LogP contribution is 2.47. The van der Waals surface area contributed by atoms with Gasteiger partial charge >= 0.3 is 0 Å². The van der Waals surface area contributed by atoms with Crippen LogP contribution in [0.3, 0.4) is 0 Å². The van der Waals surface area contributed by atoms with Crippen molar-refractivity contribution in [3.05, 3.63) is 36.2 Å². The molecule has 0 radical (unpaired) electrons. The van der Waals surface area contributed by atoms with Crippen molar-refractivity contribution in [2.45, 2.75) is 32.2 Å². The molecule has 4 heteroatoms. The van der Waals surface area contributed by atoms with Crippen LogP contribution in [0, 0.1) is 17.8 Å². The summed E-state index contributed by atoms with van der Waals surface area (Å²) in [6.45, 7) is 1.76. The Labute approximate surface area is 125 Å². The second-order valence-corrected chi connectivity index (χ2v) is 6.43. The fraction of sp³-hybridized carbons (Fsp3) is 0.529. The molecule has 0 aliphatic heterocycles. The normalized spacial score (nSPS) is 27.3. The van der Waals surface area contributed by atoms with Gasteiger partial charge in [-0.15, -0.1) is 10.2 Å². The maximum atomic E-state index is 5.71. The zero-order valence-corrected chi connectivity index (χ0v) is 12.2. The standard InChI is InChI=1S/C17H21N3O/c1-2-4-13(5-3-1)17-20-19-16(21-17)11-18-10-15-9-12-6-7-14(15)8-12/h1-5,12,14-15,18H,6-11H2. The number of hydrogen-bond donors (Lipinski definition) is 1. The molecule has 2 aliphatic carbocycles. The molecule has 1 N–H and O–H groups in total. The van der Waals surface area contributed by atoms with E-state index in [-0.39, 0.29) is 0 Å². The lowest BCUT2D eigenvalue weighted by Gasteiger charge is -2.21. The minimum absolute atomic E-state index is 0.604. The average molecular weight is 283 g/mol. The van der Waals surface area contributed by atoms with Gasteiger partial charge in [0.25, 0.3) is 0 Å². The molecule has 110 valence electrons. The van der Waals surface area contributed by atoms with Crippen molar-refractivity contribution in [2.24, 2.45) is 17.8 Å². The molecule has 21 heavy (non-hydrogen) atoms. The lowest BCUT2D eigenvalue weighted by molar-refractivity contribution is 0.313. The number of nitrogens with one attached hydrogen (secondary N) is 1. The third-order valence-electron chi connectivity index (χ3n) is 5.05. The number of nitrogens with zero attached hydrogens (tertiary/aromatic N) is 2. The molecule has 0 saturated heterocycles. The van der Waals surface area contributed by atoms with Crippen LogP contribution in [0.25, 0.3) is 11.5 Å². The molecule has 1 heterocycles. The van der Waals surface area contributed by atoms with Crippen molar-refractivity contribution in [2.75, 3.05) is 6.54 Å². The van der Waals surface area contributed by atoms with Gasteiger partial charge in [-0.3, -0.25) is 0 Å². The Morgan fingerprint density at radius 2 is 2.00 bits per heavy atom. The Hall–Kier alpha value is -1.68. The minimum Gasteiger partial charge on any atom is -0.419 e. The summed E-state index contributed by atoms with van der Waals surface area (Å²) < 4.78 is 5.71. The Morgan fingerprint density at radius 1 is 1.10 bits per heavy atom. The molecule has 4 rings (SSSR count). The molecule has 2 saturated carbocycles. The summed E-state index contributed by atoms with van der Waals surface area (Å²) in [5.74, 6) is 4.12. The third-order valence-corrected chi connectivity index (χ3v) is 5.05. The number of fused-ring (bicyclic) bond motifs is 2. The van der Waals surface area contributed by atoms with Crippen molar-refractivity contribution in [3.63, 3.8) is 0 Å². The van der Waals surface area contributed by atoms with Crippen LogP contribution < -0.4 is 5.32 Å². The fourth-order valence-electron chi connectivity index (χ4n) is 4.01. The predicted octanol–water partition coefficient (Wildman–Crippen LogP) is 3.26. The van der Waals surface area contributed by atoms with Crippen molar-refractivity contribution >= 4 is 0 Å². The third kappa shape index (κ3) is 2.72. The van der Waals surface area contributed by atoms with Crippen molar-refractivity contribution in [1.29, 1.82) is 0 Å². The Bertz CT molecular complexity index is 595. The van der Waals surface area contributed by atoms with Crippen LogP contribution in [-0.2, 0) is 6.54 Å². The molecule has 2 aliphatic rings. The first-order valence-electron chi connectivity index (χ1n) is 7.97. The number of hydrogen-bond acceptors (Lipinski definition) is 4. The van der Waals surface area contributed by atoms with E-state index in [1.165, 1.54) is 25.7 Å². The first-order chi connectivity index (χ1) is 10.4. The molecule has 1 aromatic heterocycles. The molecular formula is C17H21N3O. The number of rotatable bonds is 5. The molecule has 3 unspecified atom stereocenters. The topological polar surface area (TPSA) is 51.0 Å². The van der Waals surface area contributed by atoms with E-state index in [9.17, 15) is 0 Å². The quantitative estimate of drug-likeness (QED) is 0.915. The molecule has 2 aromatic rings. The summed E-state index contributed by atoms with van der Waals surface area (Å²) in [5, 5.41) is 11.7. The van der Waals surface area contributed by atoms with E-state index < -0.39 is 0 Å². The maximum Gasteiger partial charge on any atom is 0.247 e. The molecule has 0 amide bonds. The lowest BCUT2D eigenvalue weighted by atomic mass is 9.89. The maximum absolute atomic E-state index is 5.71. The summed E-state index contributed by atoms with van der Waals surface area (Å²) in [6, 6.07) is 9.91. The zero-order valence-electron chi connectivity index (χ0n) is 12.2. The van der Waals surface area contributed by atoms with Gasteiger partial charge in [0, 0.05) is 5.56 Å². The Morgan fingerprint density at radius 3 is 2.76 bits per heavy atom. The first-order valence-corrected chi connectivity index (χ1v) is 7.97. The monoisotopic (exact) mass is 283 g/mol. The summed E-state index contributed by atoms with van der Waals surface area (Å²) in [5.41, 5.74) is 0.976. The highest BCUT2D eigenvalue weighted by atomic mass is 16.4. The van der Waals surface area contributed by atoms with Crippen LogP contribution in [-0.4, -0.2) is 16.7 Å². The van der Waals surface area contributed by atoms with Gasteiger partial charge in [0.15, 0.2) is 0 Å². The minimum atomic E-state index is 0.604. The molecule has 0 spiro atoms. The molecule has 3 atom stereocenters. The first kappa shape index (κ1) is 13.0. The highest BCUT2D eigenvalue weighted by molar-refractivity contribution is 5.51. The predicted molar refractivity (Wildman–Crippen MR) is 80.4 cm³/mol. The van der Waals surface area contributed by atoms with E-state index in [1.807, 2.05) is 30.3 Å². The van der Waals surface area contributed by atoms with E-state index in [4.69, 9.17) is 4.42 Å². The van der Waals surface area contributed by atoms with Crippen LogP contribution >= 0.6 is 0 Å². The van der Waals surface area contributed by atoms with Crippen LogP contribution in [0.1, 0.15) is 31.6 Å². The van der Waals surface area contributed by atoms with Gasteiger partial charge in [0.05, 0.1) is 6.54 Å². The summed E-state index contributed by atoms with van der Waals surface area (Å²) in [4.78, 5) is 0. The Kier molecular flexibility index (Phi) is 3.47. The summed E-state index contributed by atoms with van der Waals surface area (Å²) >= 11 is 0. The van der Waals surface area contributed by atoms with E-state index in [1.54, 1.807) is 0 Å². The van der Waals surface area contributed by atoms with Gasteiger partial charge in [-0.1, -0.05) is 24.6 Å². The molecule has 4 nitrogen and oxygen atoms in total. The second kappa shape index (κ2) is 5.60. The smallest absolute Gasteiger partial charge is 0.247 e. The van der Waals surface area contributed by atoms with Crippen molar-refractivity contribution < 1.29 is 4.42 Å². The average Bonchev–Trinajstić information content (AvgIpc) is 3.24. The zero-order chi connectivity index (χ0) is 14.1. The van der Waals surface area contributed by atoms with Gasteiger partial charge in [0.1, 0.15) is 0 Å². The summed E-state index contributed by atoms with van der Waals surface area (Å²) in [6.07, 6.45) is 5.78. The van der Waals surface area contributed by atoms with Gasteiger partial charge in [-0.2, -0.15) is 0 Å². The van der Waals surface area contributed by atoms with Crippen molar-refractivity contribution in [1.82, 2.24) is 15.5 Å². The second-order valence-electron chi connectivity index (χ2n) is 6.43. The number of aromatic nitrogens is 2. The van der Waals surface area contributed by atoms with Crippen molar-refractivity contribution in [3.8, 4) is 11.5 Å². The largest absolute Gasteiger partial charge is 0.419 e. The Balaban J connectivity index is 1.31. The van der Waals surface area contributed by atoms with E-state index >= 15 is 0 Å². The fourth-order valence-corrected chi connectivity index (χ4v) is 4.01. The van der Waals surface area contributed by atoms with E-state index in [0.29, 0.717) is 18.3 Å². The SMILES string of the molecule is c1ccc(-c2nnc(CNCC3CC4CCC3C4)o2)cc1. The lowest BCUT2D eigenvalue weighted by Crippen LogP contribution is -2.26.